The van der Waals surface area contributed by atoms with E-state index in [9.17, 15) is 37.9 Å². The number of aromatic amines is 1. The molecular formula is C31H25Cl3F3N5O4S. The number of nitrogens with zero attached hydrogens (tertiary/aromatic N) is 4. The maximum Gasteiger partial charge on any atom is 0.362 e. The Morgan fingerprint density at radius 2 is 1.85 bits per heavy atom. The normalized spacial score (nSPS) is 18.0. The van der Waals surface area contributed by atoms with E-state index in [1.807, 2.05) is 11.1 Å². The molecular weight excluding hydrogens is 702 g/mol. The second-order valence-corrected chi connectivity index (χ2v) is 13.9. The molecule has 3 amide bonds. The predicted molar refractivity (Wildman–Crippen MR) is 170 cm³/mol. The van der Waals surface area contributed by atoms with Crippen molar-refractivity contribution in [3.05, 3.63) is 78.4 Å². The molecule has 1 saturated carbocycles. The number of hydrogen-bond donors (Lipinski definition) is 2. The number of pyridine rings is 1. The monoisotopic (exact) mass is 725 g/mol. The van der Waals surface area contributed by atoms with E-state index in [1.165, 1.54) is 9.80 Å². The van der Waals surface area contributed by atoms with Crippen LogP contribution in [-0.4, -0.2) is 51.0 Å². The standard InChI is InChI=1S/C31H25Cl3F3N5O4S/c1-14-24-15(9-21(26(14)43)41-8-2-7-40(30(41)46)17-3-4-17)13-42(20(24)5-6-38)29(45)25-22(12-23(31(34,36)37)39-28(25)44)47-27-18(32)10-16(35)11-19(27)33/h9-12,17,20,43H,2-5,7-8,13H2,1H3,(H,39,44). The van der Waals surface area contributed by atoms with E-state index in [4.69, 9.17) is 34.8 Å². The number of hydrogen-bond acceptors (Lipinski definition) is 6. The number of nitriles is 1. The Kier molecular flexibility index (Phi) is 8.84. The van der Waals surface area contributed by atoms with Gasteiger partial charge in [-0.3, -0.25) is 14.5 Å². The fraction of sp³-hybridized carbons (Fsp3) is 0.355. The molecule has 16 heteroatoms. The predicted octanol–water partition coefficient (Wildman–Crippen LogP) is 7.68. The lowest BCUT2D eigenvalue weighted by Crippen LogP contribution is -2.50. The van der Waals surface area contributed by atoms with Gasteiger partial charge in [0.2, 0.25) is 0 Å². The minimum Gasteiger partial charge on any atom is -0.505 e. The molecule has 1 aromatic heterocycles. The third-order valence-corrected chi connectivity index (χ3v) is 10.7. The average molecular weight is 727 g/mol. The number of anilines is 1. The van der Waals surface area contributed by atoms with E-state index >= 15 is 0 Å². The van der Waals surface area contributed by atoms with Crippen molar-refractivity contribution in [2.75, 3.05) is 18.0 Å². The molecule has 1 unspecified atom stereocenters. The van der Waals surface area contributed by atoms with Gasteiger partial charge in [-0.1, -0.05) is 35.0 Å². The summed E-state index contributed by atoms with van der Waals surface area (Å²) in [4.78, 5) is 47.2. The van der Waals surface area contributed by atoms with Crippen LogP contribution in [0.5, 0.6) is 5.75 Å². The molecule has 2 fully saturated rings. The lowest BCUT2D eigenvalue weighted by Gasteiger charge is -2.36. The zero-order valence-electron chi connectivity index (χ0n) is 24.6. The van der Waals surface area contributed by atoms with Crippen molar-refractivity contribution in [3.63, 3.8) is 0 Å². The molecule has 246 valence electrons. The number of carbonyl (C=O) groups is 2. The highest BCUT2D eigenvalue weighted by atomic mass is 35.5. The smallest absolute Gasteiger partial charge is 0.362 e. The zero-order valence-corrected chi connectivity index (χ0v) is 27.6. The molecule has 1 aliphatic carbocycles. The first-order valence-corrected chi connectivity index (χ1v) is 16.4. The molecule has 2 N–H and O–H groups in total. The number of fused-ring (bicyclic) bond motifs is 1. The first-order chi connectivity index (χ1) is 22.2. The summed E-state index contributed by atoms with van der Waals surface area (Å²) in [5.74, 6) is -1.85. The van der Waals surface area contributed by atoms with Crippen molar-refractivity contribution in [1.82, 2.24) is 14.8 Å². The van der Waals surface area contributed by atoms with Gasteiger partial charge in [-0.05, 0) is 78.7 Å². The summed E-state index contributed by atoms with van der Waals surface area (Å²) in [6.07, 6.45) is 2.31. The van der Waals surface area contributed by atoms with Gasteiger partial charge in [-0.2, -0.15) is 14.0 Å². The molecule has 6 rings (SSSR count). The number of halogens is 6. The summed E-state index contributed by atoms with van der Waals surface area (Å²) >= 11 is 18.2. The number of amides is 3. The van der Waals surface area contributed by atoms with E-state index in [0.29, 0.717) is 48.0 Å². The highest BCUT2D eigenvalue weighted by molar-refractivity contribution is 7.99. The van der Waals surface area contributed by atoms with Crippen molar-refractivity contribution in [1.29, 1.82) is 5.26 Å². The number of aromatic nitrogens is 1. The van der Waals surface area contributed by atoms with Crippen LogP contribution in [0.3, 0.4) is 0 Å². The Balaban J connectivity index is 1.43. The summed E-state index contributed by atoms with van der Waals surface area (Å²) in [7, 11) is 0. The number of nitrogens with one attached hydrogen (secondary N) is 1. The second kappa shape index (κ2) is 12.5. The number of aromatic hydroxyl groups is 1. The third kappa shape index (κ3) is 6.12. The van der Waals surface area contributed by atoms with Crippen LogP contribution in [-0.2, 0) is 11.9 Å². The molecule has 0 radical (unpaired) electrons. The van der Waals surface area contributed by atoms with E-state index in [1.54, 1.807) is 17.9 Å². The number of urea groups is 1. The molecule has 3 aliphatic rings. The average Bonchev–Trinajstić information content (AvgIpc) is 3.77. The van der Waals surface area contributed by atoms with Gasteiger partial charge in [0, 0.05) is 35.5 Å². The lowest BCUT2D eigenvalue weighted by molar-refractivity contribution is 0.0684. The lowest BCUT2D eigenvalue weighted by atomic mass is 9.95. The molecule has 3 heterocycles. The van der Waals surface area contributed by atoms with Crippen LogP contribution in [0, 0.1) is 24.1 Å². The highest BCUT2D eigenvalue weighted by Gasteiger charge is 2.42. The summed E-state index contributed by atoms with van der Waals surface area (Å²) < 4.78 is 42.3. The van der Waals surface area contributed by atoms with Gasteiger partial charge >= 0.3 is 11.4 Å². The Labute approximate surface area is 285 Å². The number of H-pyrrole nitrogens is 1. The first-order valence-electron chi connectivity index (χ1n) is 14.5. The number of rotatable bonds is 7. The summed E-state index contributed by atoms with van der Waals surface area (Å²) in [6, 6.07) is 5.34. The van der Waals surface area contributed by atoms with Crippen LogP contribution < -0.4 is 10.5 Å². The van der Waals surface area contributed by atoms with Crippen LogP contribution in [0.1, 0.15) is 64.5 Å². The number of alkyl halides is 3. The Hall–Kier alpha value is -3.57. The van der Waals surface area contributed by atoms with E-state index in [-0.39, 0.29) is 56.3 Å². The Morgan fingerprint density at radius 3 is 2.47 bits per heavy atom. The van der Waals surface area contributed by atoms with Crippen LogP contribution in [0.25, 0.3) is 0 Å². The number of phenolic OH excluding ortho intramolecular Hbond substituents is 1. The van der Waals surface area contributed by atoms with Gasteiger partial charge in [-0.15, -0.1) is 0 Å². The zero-order chi connectivity index (χ0) is 33.9. The van der Waals surface area contributed by atoms with Gasteiger partial charge in [0.25, 0.3) is 11.5 Å². The maximum absolute atomic E-state index is 14.3. The van der Waals surface area contributed by atoms with Crippen molar-refractivity contribution in [2.24, 2.45) is 0 Å². The van der Waals surface area contributed by atoms with Crippen LogP contribution in [0.15, 0.2) is 38.9 Å². The molecule has 3 aromatic rings. The van der Waals surface area contributed by atoms with Crippen molar-refractivity contribution < 1.29 is 27.9 Å². The fourth-order valence-corrected chi connectivity index (χ4v) is 7.96. The number of carbonyl (C=O) groups excluding carboxylic acids is 2. The van der Waals surface area contributed by atoms with Crippen LogP contribution in [0.4, 0.5) is 23.7 Å². The van der Waals surface area contributed by atoms with Crippen LogP contribution in [0.2, 0.25) is 10.0 Å². The first kappa shape index (κ1) is 33.3. The van der Waals surface area contributed by atoms with E-state index < -0.39 is 40.0 Å². The number of benzene rings is 2. The maximum atomic E-state index is 14.3. The van der Waals surface area contributed by atoms with Crippen molar-refractivity contribution >= 4 is 64.2 Å². The van der Waals surface area contributed by atoms with Gasteiger partial charge in [0.15, 0.2) is 0 Å². The van der Waals surface area contributed by atoms with Crippen molar-refractivity contribution in [3.8, 4) is 11.8 Å². The third-order valence-electron chi connectivity index (χ3n) is 8.48. The molecule has 47 heavy (non-hydrogen) atoms. The minimum absolute atomic E-state index is 0.00615. The van der Waals surface area contributed by atoms with E-state index in [0.717, 1.165) is 31.0 Å². The highest BCUT2D eigenvalue weighted by Crippen LogP contribution is 2.48. The van der Waals surface area contributed by atoms with Gasteiger partial charge in [0.1, 0.15) is 22.8 Å². The van der Waals surface area contributed by atoms with Crippen LogP contribution >= 0.6 is 46.6 Å². The van der Waals surface area contributed by atoms with E-state index in [2.05, 4.69) is 0 Å². The fourth-order valence-electron chi connectivity index (χ4n) is 6.18. The molecule has 9 nitrogen and oxygen atoms in total. The summed E-state index contributed by atoms with van der Waals surface area (Å²) in [5, 5.41) is 16.7. The molecule has 2 aliphatic heterocycles. The molecule has 2 aromatic carbocycles. The summed E-state index contributed by atoms with van der Waals surface area (Å²) in [6.45, 7) is 2.49. The Morgan fingerprint density at radius 1 is 1.17 bits per heavy atom. The largest absolute Gasteiger partial charge is 0.505 e. The number of phenols is 1. The molecule has 0 spiro atoms. The topological polar surface area (TPSA) is 121 Å². The molecule has 0 bridgehead atoms. The van der Waals surface area contributed by atoms with Gasteiger partial charge in [0.05, 0.1) is 34.3 Å². The second-order valence-electron chi connectivity index (χ2n) is 11.5. The van der Waals surface area contributed by atoms with Gasteiger partial charge in [-0.25, -0.2) is 9.18 Å². The minimum atomic E-state index is -4.02. The molecule has 1 atom stereocenters. The van der Waals surface area contributed by atoms with Crippen molar-refractivity contribution in [2.45, 2.75) is 66.4 Å². The SMILES string of the molecule is Cc1c(O)c(N2CCCN(C3CC3)C2=O)cc2c1C(CC#N)N(C(=O)c1c(Sc3c(Cl)cc(F)cc3Cl)cc(C(F)(F)Cl)[nH]c1=O)C2. The van der Waals surface area contributed by atoms with Gasteiger partial charge < -0.3 is 19.9 Å². The quantitative estimate of drug-likeness (QED) is 0.241. The molecule has 1 saturated heterocycles. The Bertz CT molecular complexity index is 1900. The summed E-state index contributed by atoms with van der Waals surface area (Å²) in [5.41, 5.74) is -1.13.